The minimum Gasteiger partial charge on any atom is -0.349 e. The van der Waals surface area contributed by atoms with E-state index in [-0.39, 0.29) is 0 Å². The van der Waals surface area contributed by atoms with Crippen LogP contribution in [0.4, 0.5) is 0 Å². The first-order valence-electron chi connectivity index (χ1n) is 7.32. The van der Waals surface area contributed by atoms with Crippen LogP contribution >= 0.6 is 0 Å². The standard InChI is InChI=1S/C14H27N3O2S/c1-5-7-16-20(18,19)14-9-13(10-15-12(3)4)17(11-14)8-6-2/h9,11-12,15-16H,5-8,10H2,1-4H3. The maximum absolute atomic E-state index is 12.2. The van der Waals surface area contributed by atoms with Gasteiger partial charge in [-0.2, -0.15) is 0 Å². The van der Waals surface area contributed by atoms with Gasteiger partial charge in [-0.25, -0.2) is 13.1 Å². The van der Waals surface area contributed by atoms with Crippen molar-refractivity contribution in [1.29, 1.82) is 0 Å². The minimum atomic E-state index is -3.38. The highest BCUT2D eigenvalue weighted by Crippen LogP contribution is 2.15. The molecule has 20 heavy (non-hydrogen) atoms. The summed E-state index contributed by atoms with van der Waals surface area (Å²) in [5.41, 5.74) is 1.01. The number of hydrogen-bond acceptors (Lipinski definition) is 3. The summed E-state index contributed by atoms with van der Waals surface area (Å²) in [6, 6.07) is 2.14. The zero-order valence-corrected chi connectivity index (χ0v) is 13.8. The van der Waals surface area contributed by atoms with Crippen molar-refractivity contribution in [3.05, 3.63) is 18.0 Å². The predicted molar refractivity (Wildman–Crippen MR) is 82.2 cm³/mol. The average molecular weight is 301 g/mol. The van der Waals surface area contributed by atoms with Crippen LogP contribution in [0.25, 0.3) is 0 Å². The van der Waals surface area contributed by atoms with E-state index < -0.39 is 10.0 Å². The summed E-state index contributed by atoms with van der Waals surface area (Å²) in [6.07, 6.45) is 3.50. The fraction of sp³-hybridized carbons (Fsp3) is 0.714. The zero-order chi connectivity index (χ0) is 15.2. The molecule has 5 nitrogen and oxygen atoms in total. The fourth-order valence-corrected chi connectivity index (χ4v) is 3.09. The van der Waals surface area contributed by atoms with Crippen LogP contribution in [0.15, 0.2) is 17.2 Å². The Hall–Kier alpha value is -0.850. The lowest BCUT2D eigenvalue weighted by Gasteiger charge is -2.10. The summed E-state index contributed by atoms with van der Waals surface area (Å²) in [7, 11) is -3.38. The van der Waals surface area contributed by atoms with Gasteiger partial charge >= 0.3 is 0 Å². The Bertz CT molecular complexity index is 506. The third-order valence-corrected chi connectivity index (χ3v) is 4.40. The molecule has 0 unspecified atom stereocenters. The van der Waals surface area contributed by atoms with Gasteiger partial charge in [0.1, 0.15) is 0 Å². The molecule has 0 spiro atoms. The van der Waals surface area contributed by atoms with Gasteiger partial charge in [-0.05, 0) is 18.9 Å². The minimum absolute atomic E-state index is 0.361. The van der Waals surface area contributed by atoms with E-state index in [1.807, 2.05) is 11.5 Å². The van der Waals surface area contributed by atoms with Crippen LogP contribution in [0.3, 0.4) is 0 Å². The molecule has 0 aliphatic heterocycles. The van der Waals surface area contributed by atoms with Crippen molar-refractivity contribution < 1.29 is 8.42 Å². The Morgan fingerprint density at radius 1 is 1.25 bits per heavy atom. The molecule has 0 saturated heterocycles. The quantitative estimate of drug-likeness (QED) is 0.734. The van der Waals surface area contributed by atoms with Crippen molar-refractivity contribution in [1.82, 2.24) is 14.6 Å². The number of aromatic nitrogens is 1. The van der Waals surface area contributed by atoms with Gasteiger partial charge in [0.25, 0.3) is 0 Å². The summed E-state index contributed by atoms with van der Waals surface area (Å²) in [5, 5.41) is 3.33. The molecule has 0 saturated carbocycles. The van der Waals surface area contributed by atoms with Gasteiger partial charge in [-0.15, -0.1) is 0 Å². The van der Waals surface area contributed by atoms with Crippen LogP contribution < -0.4 is 10.0 Å². The van der Waals surface area contributed by atoms with E-state index >= 15 is 0 Å². The molecule has 0 amide bonds. The Balaban J connectivity index is 2.95. The number of sulfonamides is 1. The molecule has 6 heteroatoms. The largest absolute Gasteiger partial charge is 0.349 e. The van der Waals surface area contributed by atoms with E-state index in [1.165, 1.54) is 0 Å². The van der Waals surface area contributed by atoms with E-state index in [2.05, 4.69) is 30.8 Å². The van der Waals surface area contributed by atoms with Crippen molar-refractivity contribution in [2.75, 3.05) is 6.54 Å². The van der Waals surface area contributed by atoms with Crippen LogP contribution in [-0.2, 0) is 23.1 Å². The van der Waals surface area contributed by atoms with Crippen LogP contribution in [0, 0.1) is 0 Å². The molecule has 0 aliphatic rings. The third kappa shape index (κ3) is 4.92. The summed E-state index contributed by atoms with van der Waals surface area (Å²) >= 11 is 0. The Morgan fingerprint density at radius 3 is 2.50 bits per heavy atom. The van der Waals surface area contributed by atoms with Gasteiger partial charge in [0.05, 0.1) is 4.90 Å². The molecule has 1 aromatic rings. The molecule has 116 valence electrons. The van der Waals surface area contributed by atoms with Crippen molar-refractivity contribution in [3.8, 4) is 0 Å². The van der Waals surface area contributed by atoms with Crippen LogP contribution in [-0.4, -0.2) is 25.6 Å². The smallest absolute Gasteiger partial charge is 0.242 e. The Labute approximate surface area is 122 Å². The molecule has 0 bridgehead atoms. The van der Waals surface area contributed by atoms with Crippen molar-refractivity contribution in [2.24, 2.45) is 0 Å². The molecule has 0 radical (unpaired) electrons. The average Bonchev–Trinajstić information content (AvgIpc) is 2.78. The van der Waals surface area contributed by atoms with E-state index in [0.717, 1.165) is 25.1 Å². The van der Waals surface area contributed by atoms with Crippen molar-refractivity contribution in [2.45, 2.75) is 64.6 Å². The van der Waals surface area contributed by atoms with Gasteiger partial charge in [-0.3, -0.25) is 0 Å². The molecular formula is C14H27N3O2S. The van der Waals surface area contributed by atoms with Crippen molar-refractivity contribution >= 4 is 10.0 Å². The lowest BCUT2D eigenvalue weighted by atomic mass is 10.3. The lowest BCUT2D eigenvalue weighted by Crippen LogP contribution is -2.24. The van der Waals surface area contributed by atoms with E-state index in [0.29, 0.717) is 24.0 Å². The summed E-state index contributed by atoms with van der Waals surface area (Å²) in [6.45, 7) is 10.2. The second kappa shape index (κ2) is 7.81. The summed E-state index contributed by atoms with van der Waals surface area (Å²) in [5.74, 6) is 0. The predicted octanol–water partition coefficient (Wildman–Crippen LogP) is 2.08. The molecule has 1 heterocycles. The maximum Gasteiger partial charge on any atom is 0.242 e. The Morgan fingerprint density at radius 2 is 1.95 bits per heavy atom. The first-order valence-corrected chi connectivity index (χ1v) is 8.81. The van der Waals surface area contributed by atoms with Crippen LogP contribution in [0.5, 0.6) is 0 Å². The monoisotopic (exact) mass is 301 g/mol. The Kier molecular flexibility index (Phi) is 6.71. The lowest BCUT2D eigenvalue weighted by molar-refractivity contribution is 0.551. The van der Waals surface area contributed by atoms with E-state index in [9.17, 15) is 8.42 Å². The number of nitrogens with one attached hydrogen (secondary N) is 2. The van der Waals surface area contributed by atoms with Crippen LogP contribution in [0.1, 0.15) is 46.2 Å². The number of rotatable bonds is 9. The first-order chi connectivity index (χ1) is 9.40. The second-order valence-electron chi connectivity index (χ2n) is 5.29. The maximum atomic E-state index is 12.2. The number of hydrogen-bond donors (Lipinski definition) is 2. The van der Waals surface area contributed by atoms with Gasteiger partial charge < -0.3 is 9.88 Å². The fourth-order valence-electron chi connectivity index (χ4n) is 1.90. The van der Waals surface area contributed by atoms with Gasteiger partial charge in [0.15, 0.2) is 0 Å². The SMILES string of the molecule is CCCNS(=O)(=O)c1cc(CNC(C)C)n(CCC)c1. The van der Waals surface area contributed by atoms with Crippen LogP contribution in [0.2, 0.25) is 0 Å². The topological polar surface area (TPSA) is 63.1 Å². The number of nitrogens with zero attached hydrogens (tertiary/aromatic N) is 1. The summed E-state index contributed by atoms with van der Waals surface area (Å²) in [4.78, 5) is 0.361. The molecular weight excluding hydrogens is 274 g/mol. The summed E-state index contributed by atoms with van der Waals surface area (Å²) < 4.78 is 28.9. The molecule has 1 aromatic heterocycles. The first kappa shape index (κ1) is 17.2. The highest BCUT2D eigenvalue weighted by atomic mass is 32.2. The molecule has 0 fully saturated rings. The highest BCUT2D eigenvalue weighted by Gasteiger charge is 2.17. The molecule has 0 atom stereocenters. The molecule has 2 N–H and O–H groups in total. The highest BCUT2D eigenvalue weighted by molar-refractivity contribution is 7.89. The normalized spacial score (nSPS) is 12.2. The third-order valence-electron chi connectivity index (χ3n) is 2.97. The van der Waals surface area contributed by atoms with Gasteiger partial charge in [0.2, 0.25) is 10.0 Å². The van der Waals surface area contributed by atoms with E-state index in [1.54, 1.807) is 12.3 Å². The van der Waals surface area contributed by atoms with E-state index in [4.69, 9.17) is 0 Å². The second-order valence-corrected chi connectivity index (χ2v) is 7.06. The zero-order valence-electron chi connectivity index (χ0n) is 12.9. The van der Waals surface area contributed by atoms with Crippen molar-refractivity contribution in [3.63, 3.8) is 0 Å². The number of aryl methyl sites for hydroxylation is 1. The molecule has 0 aliphatic carbocycles. The van der Waals surface area contributed by atoms with Gasteiger partial charge in [0, 0.05) is 37.6 Å². The molecule has 1 rings (SSSR count). The molecule has 0 aromatic carbocycles. The van der Waals surface area contributed by atoms with Gasteiger partial charge in [-0.1, -0.05) is 27.7 Å².